The molecule has 2 nitrogen and oxygen atoms in total. The quantitative estimate of drug-likeness (QED) is 0.721. The highest BCUT2D eigenvalue weighted by atomic mass is 16.1. The van der Waals surface area contributed by atoms with Crippen LogP contribution in [0.2, 0.25) is 0 Å². The lowest BCUT2D eigenvalue weighted by Crippen LogP contribution is -2.30. The fourth-order valence-corrected chi connectivity index (χ4v) is 1.17. The summed E-state index contributed by atoms with van der Waals surface area (Å²) in [6.07, 6.45) is 0.991. The average molecular weight is 191 g/mol. The van der Waals surface area contributed by atoms with Crippen LogP contribution in [0.1, 0.15) is 19.4 Å². The molecular formula is C12H17NO. The van der Waals surface area contributed by atoms with Crippen LogP contribution in [-0.2, 0) is 11.3 Å². The van der Waals surface area contributed by atoms with Gasteiger partial charge in [0.2, 0.25) is 0 Å². The van der Waals surface area contributed by atoms with Crippen LogP contribution in [-0.4, -0.2) is 12.8 Å². The van der Waals surface area contributed by atoms with Gasteiger partial charge in [-0.2, -0.15) is 0 Å². The van der Waals surface area contributed by atoms with Crippen LogP contribution in [0.15, 0.2) is 30.3 Å². The summed E-state index contributed by atoms with van der Waals surface area (Å²) in [5.74, 6) is 0. The smallest absolute Gasteiger partial charge is 0.126 e. The highest BCUT2D eigenvalue weighted by Crippen LogP contribution is 2.08. The average Bonchev–Trinajstić information content (AvgIpc) is 2.19. The normalized spacial score (nSPS) is 11.3. The molecule has 0 saturated heterocycles. The van der Waals surface area contributed by atoms with Crippen LogP contribution in [0, 0.1) is 5.41 Å². The minimum Gasteiger partial charge on any atom is -0.312 e. The van der Waals surface area contributed by atoms with Crippen molar-refractivity contribution < 1.29 is 4.79 Å². The Morgan fingerprint density at radius 1 is 1.29 bits per heavy atom. The number of rotatable bonds is 5. The van der Waals surface area contributed by atoms with Crippen molar-refractivity contribution >= 4 is 6.29 Å². The summed E-state index contributed by atoms with van der Waals surface area (Å²) in [5.41, 5.74) is 0.976. The number of nitrogens with one attached hydrogen (secondary N) is 1. The number of benzene rings is 1. The van der Waals surface area contributed by atoms with E-state index in [1.807, 2.05) is 32.0 Å². The van der Waals surface area contributed by atoms with E-state index in [-0.39, 0.29) is 5.41 Å². The van der Waals surface area contributed by atoms with Crippen molar-refractivity contribution in [3.8, 4) is 0 Å². The molecule has 0 heterocycles. The number of hydrogen-bond donors (Lipinski definition) is 1. The first-order chi connectivity index (χ1) is 6.64. The van der Waals surface area contributed by atoms with E-state index in [4.69, 9.17) is 0 Å². The van der Waals surface area contributed by atoms with Gasteiger partial charge in [0.25, 0.3) is 0 Å². The van der Waals surface area contributed by atoms with Gasteiger partial charge in [0, 0.05) is 18.5 Å². The van der Waals surface area contributed by atoms with Gasteiger partial charge in [-0.25, -0.2) is 0 Å². The third kappa shape index (κ3) is 3.71. The van der Waals surface area contributed by atoms with Crippen molar-refractivity contribution in [1.82, 2.24) is 5.32 Å². The fourth-order valence-electron chi connectivity index (χ4n) is 1.17. The Morgan fingerprint density at radius 2 is 1.93 bits per heavy atom. The van der Waals surface area contributed by atoms with E-state index in [1.165, 1.54) is 5.56 Å². The maximum atomic E-state index is 10.6. The Bertz CT molecular complexity index is 280. The number of hydrogen-bond acceptors (Lipinski definition) is 2. The lowest BCUT2D eigenvalue weighted by molar-refractivity contribution is -0.114. The molecule has 0 unspecified atom stereocenters. The first kappa shape index (κ1) is 10.9. The molecule has 0 amide bonds. The first-order valence-electron chi connectivity index (χ1n) is 4.85. The van der Waals surface area contributed by atoms with Crippen LogP contribution in [0.3, 0.4) is 0 Å². The van der Waals surface area contributed by atoms with Crippen LogP contribution in [0.25, 0.3) is 0 Å². The van der Waals surface area contributed by atoms with Gasteiger partial charge in [-0.05, 0) is 5.56 Å². The third-order valence-electron chi connectivity index (χ3n) is 2.07. The second kappa shape index (κ2) is 4.91. The molecule has 0 aliphatic carbocycles. The van der Waals surface area contributed by atoms with Crippen LogP contribution in [0.4, 0.5) is 0 Å². The van der Waals surface area contributed by atoms with Gasteiger partial charge in [-0.15, -0.1) is 0 Å². The van der Waals surface area contributed by atoms with E-state index in [9.17, 15) is 4.79 Å². The Hall–Kier alpha value is -1.15. The van der Waals surface area contributed by atoms with E-state index in [0.29, 0.717) is 6.54 Å². The van der Waals surface area contributed by atoms with Crippen LogP contribution < -0.4 is 5.32 Å². The Kier molecular flexibility index (Phi) is 3.84. The number of aldehydes is 1. The summed E-state index contributed by atoms with van der Waals surface area (Å²) in [7, 11) is 0. The summed E-state index contributed by atoms with van der Waals surface area (Å²) in [6, 6.07) is 10.2. The molecule has 0 radical (unpaired) electrons. The molecular weight excluding hydrogens is 174 g/mol. The summed E-state index contributed by atoms with van der Waals surface area (Å²) in [4.78, 5) is 10.6. The van der Waals surface area contributed by atoms with Gasteiger partial charge >= 0.3 is 0 Å². The highest BCUT2D eigenvalue weighted by molar-refractivity contribution is 5.58. The highest BCUT2D eigenvalue weighted by Gasteiger charge is 2.14. The van der Waals surface area contributed by atoms with Gasteiger partial charge in [-0.1, -0.05) is 44.2 Å². The minimum absolute atomic E-state index is 0.269. The summed E-state index contributed by atoms with van der Waals surface area (Å²) in [5, 5.41) is 3.26. The molecule has 0 saturated carbocycles. The molecule has 0 atom stereocenters. The zero-order chi connectivity index (χ0) is 10.4. The Labute approximate surface area is 85.3 Å². The second-order valence-electron chi connectivity index (χ2n) is 4.20. The molecule has 0 aromatic heterocycles. The topological polar surface area (TPSA) is 29.1 Å². The molecule has 2 heteroatoms. The Morgan fingerprint density at radius 3 is 2.50 bits per heavy atom. The zero-order valence-corrected chi connectivity index (χ0v) is 8.79. The van der Waals surface area contributed by atoms with Crippen LogP contribution in [0.5, 0.6) is 0 Å². The van der Waals surface area contributed by atoms with E-state index >= 15 is 0 Å². The molecule has 1 aromatic carbocycles. The summed E-state index contributed by atoms with van der Waals surface area (Å²) >= 11 is 0. The molecule has 1 rings (SSSR count). The molecule has 0 bridgehead atoms. The minimum atomic E-state index is -0.269. The molecule has 1 N–H and O–H groups in total. The predicted molar refractivity (Wildman–Crippen MR) is 58.0 cm³/mol. The molecule has 76 valence electrons. The first-order valence-corrected chi connectivity index (χ1v) is 4.85. The largest absolute Gasteiger partial charge is 0.312 e. The molecule has 0 aliphatic rings. The maximum Gasteiger partial charge on any atom is 0.126 e. The van der Waals surface area contributed by atoms with Crippen molar-refractivity contribution in [3.05, 3.63) is 35.9 Å². The monoisotopic (exact) mass is 191 g/mol. The van der Waals surface area contributed by atoms with Crippen molar-refractivity contribution in [3.63, 3.8) is 0 Å². The summed E-state index contributed by atoms with van der Waals surface area (Å²) in [6.45, 7) is 5.39. The van der Waals surface area contributed by atoms with Gasteiger partial charge < -0.3 is 10.1 Å². The maximum absolute atomic E-state index is 10.6. The van der Waals surface area contributed by atoms with Gasteiger partial charge in [0.05, 0.1) is 0 Å². The molecule has 0 spiro atoms. The predicted octanol–water partition coefficient (Wildman–Crippen LogP) is 2.00. The number of carbonyl (C=O) groups excluding carboxylic acids is 1. The standard InChI is InChI=1S/C12H17NO/c1-12(2,10-14)9-13-8-11-6-4-3-5-7-11/h3-7,10,13H,8-9H2,1-2H3. The Balaban J connectivity index is 2.32. The molecule has 14 heavy (non-hydrogen) atoms. The van der Waals surface area contributed by atoms with E-state index in [2.05, 4.69) is 17.4 Å². The lowest BCUT2D eigenvalue weighted by atomic mass is 9.96. The van der Waals surface area contributed by atoms with Crippen molar-refractivity contribution in [1.29, 1.82) is 0 Å². The second-order valence-corrected chi connectivity index (χ2v) is 4.20. The lowest BCUT2D eigenvalue weighted by Gasteiger charge is -2.17. The van der Waals surface area contributed by atoms with Crippen LogP contribution >= 0.6 is 0 Å². The number of carbonyl (C=O) groups is 1. The zero-order valence-electron chi connectivity index (χ0n) is 8.79. The molecule has 1 aromatic rings. The van der Waals surface area contributed by atoms with E-state index < -0.39 is 0 Å². The van der Waals surface area contributed by atoms with Gasteiger partial charge in [-0.3, -0.25) is 0 Å². The molecule has 0 fully saturated rings. The van der Waals surface area contributed by atoms with Gasteiger partial charge in [0.1, 0.15) is 6.29 Å². The SMILES string of the molecule is CC(C)(C=O)CNCc1ccccc1. The molecule has 0 aliphatic heterocycles. The van der Waals surface area contributed by atoms with E-state index in [0.717, 1.165) is 12.8 Å². The third-order valence-corrected chi connectivity index (χ3v) is 2.07. The van der Waals surface area contributed by atoms with Crippen molar-refractivity contribution in [2.75, 3.05) is 6.54 Å². The fraction of sp³-hybridized carbons (Fsp3) is 0.417. The van der Waals surface area contributed by atoms with Crippen molar-refractivity contribution in [2.45, 2.75) is 20.4 Å². The van der Waals surface area contributed by atoms with Gasteiger partial charge in [0.15, 0.2) is 0 Å². The summed E-state index contributed by atoms with van der Waals surface area (Å²) < 4.78 is 0. The van der Waals surface area contributed by atoms with Crippen molar-refractivity contribution in [2.24, 2.45) is 5.41 Å². The van der Waals surface area contributed by atoms with E-state index in [1.54, 1.807) is 0 Å².